The standard InChI is InChI=1S/C12H19N3O2S/c1-10(7-14-12-4-5-12)18(16,17)15-9-11-3-2-6-13-8-11/h2-3,6,8,10,12,14-15H,4-5,7,9H2,1H3. The van der Waals surface area contributed by atoms with Crippen LogP contribution < -0.4 is 10.0 Å². The fourth-order valence-corrected chi connectivity index (χ4v) is 2.53. The quantitative estimate of drug-likeness (QED) is 0.762. The van der Waals surface area contributed by atoms with Gasteiger partial charge < -0.3 is 5.32 Å². The number of pyridine rings is 1. The summed E-state index contributed by atoms with van der Waals surface area (Å²) in [7, 11) is -3.27. The Labute approximate surface area is 108 Å². The molecule has 18 heavy (non-hydrogen) atoms. The minimum Gasteiger partial charge on any atom is -0.313 e. The highest BCUT2D eigenvalue weighted by atomic mass is 32.2. The van der Waals surface area contributed by atoms with Crippen molar-refractivity contribution in [2.24, 2.45) is 0 Å². The molecule has 1 heterocycles. The van der Waals surface area contributed by atoms with Crippen molar-refractivity contribution in [3.63, 3.8) is 0 Å². The fourth-order valence-electron chi connectivity index (χ4n) is 1.56. The molecule has 6 heteroatoms. The normalized spacial score (nSPS) is 17.6. The lowest BCUT2D eigenvalue weighted by Crippen LogP contribution is -2.39. The van der Waals surface area contributed by atoms with Gasteiger partial charge in [0, 0.05) is 31.5 Å². The second-order valence-corrected chi connectivity index (χ2v) is 6.90. The number of nitrogens with zero attached hydrogens (tertiary/aromatic N) is 1. The van der Waals surface area contributed by atoms with E-state index in [0.29, 0.717) is 19.1 Å². The van der Waals surface area contributed by atoms with Gasteiger partial charge in [0.15, 0.2) is 0 Å². The first-order chi connectivity index (χ1) is 8.58. The van der Waals surface area contributed by atoms with Crippen LogP contribution in [-0.4, -0.2) is 31.2 Å². The first-order valence-electron chi connectivity index (χ1n) is 6.19. The molecule has 1 aliphatic rings. The Balaban J connectivity index is 1.82. The van der Waals surface area contributed by atoms with Gasteiger partial charge >= 0.3 is 0 Å². The van der Waals surface area contributed by atoms with Crippen LogP contribution in [0.25, 0.3) is 0 Å². The van der Waals surface area contributed by atoms with Crippen LogP contribution in [0.5, 0.6) is 0 Å². The molecule has 0 amide bonds. The van der Waals surface area contributed by atoms with E-state index in [9.17, 15) is 8.42 Å². The van der Waals surface area contributed by atoms with Crippen LogP contribution in [0.3, 0.4) is 0 Å². The lowest BCUT2D eigenvalue weighted by Gasteiger charge is -2.14. The highest BCUT2D eigenvalue weighted by molar-refractivity contribution is 7.90. The molecule has 0 aliphatic heterocycles. The number of aromatic nitrogens is 1. The highest BCUT2D eigenvalue weighted by Crippen LogP contribution is 2.18. The summed E-state index contributed by atoms with van der Waals surface area (Å²) in [6.45, 7) is 2.53. The summed E-state index contributed by atoms with van der Waals surface area (Å²) < 4.78 is 26.5. The Kier molecular flexibility index (Phi) is 4.31. The topological polar surface area (TPSA) is 71.1 Å². The maximum Gasteiger partial charge on any atom is 0.215 e. The minimum atomic E-state index is -3.27. The van der Waals surface area contributed by atoms with Crippen LogP contribution in [0.1, 0.15) is 25.3 Å². The first kappa shape index (κ1) is 13.5. The molecule has 1 aromatic rings. The Morgan fingerprint density at radius 1 is 1.50 bits per heavy atom. The molecule has 1 atom stereocenters. The van der Waals surface area contributed by atoms with Gasteiger partial charge in [-0.1, -0.05) is 6.07 Å². The molecule has 100 valence electrons. The fraction of sp³-hybridized carbons (Fsp3) is 0.583. The smallest absolute Gasteiger partial charge is 0.215 e. The zero-order chi connectivity index (χ0) is 13.0. The summed E-state index contributed by atoms with van der Waals surface area (Å²) in [4.78, 5) is 3.95. The Bertz CT molecular complexity index is 471. The molecule has 0 aromatic carbocycles. The van der Waals surface area contributed by atoms with Gasteiger partial charge in [-0.15, -0.1) is 0 Å². The molecule has 1 aromatic heterocycles. The van der Waals surface area contributed by atoms with Crippen molar-refractivity contribution in [3.8, 4) is 0 Å². The summed E-state index contributed by atoms with van der Waals surface area (Å²) in [6.07, 6.45) is 5.65. The van der Waals surface area contributed by atoms with E-state index >= 15 is 0 Å². The van der Waals surface area contributed by atoms with E-state index < -0.39 is 15.3 Å². The molecule has 0 spiro atoms. The summed E-state index contributed by atoms with van der Waals surface area (Å²) >= 11 is 0. The molecular formula is C12H19N3O2S. The summed E-state index contributed by atoms with van der Waals surface area (Å²) in [5, 5.41) is 2.81. The van der Waals surface area contributed by atoms with Crippen molar-refractivity contribution in [2.45, 2.75) is 37.6 Å². The number of hydrogen-bond acceptors (Lipinski definition) is 4. The van der Waals surface area contributed by atoms with Crippen molar-refractivity contribution in [1.29, 1.82) is 0 Å². The summed E-state index contributed by atoms with van der Waals surface area (Å²) in [5.41, 5.74) is 0.864. The second-order valence-electron chi connectivity index (χ2n) is 4.72. The molecule has 5 nitrogen and oxygen atoms in total. The van der Waals surface area contributed by atoms with Gasteiger partial charge in [-0.25, -0.2) is 13.1 Å². The van der Waals surface area contributed by atoms with Crippen molar-refractivity contribution in [3.05, 3.63) is 30.1 Å². The maximum absolute atomic E-state index is 12.0. The van der Waals surface area contributed by atoms with Gasteiger partial charge in [0.1, 0.15) is 0 Å². The van der Waals surface area contributed by atoms with Gasteiger partial charge in [0.05, 0.1) is 5.25 Å². The molecule has 0 saturated heterocycles. The van der Waals surface area contributed by atoms with E-state index in [2.05, 4.69) is 15.0 Å². The Hall–Kier alpha value is -0.980. The predicted molar refractivity (Wildman–Crippen MR) is 70.5 cm³/mol. The number of nitrogens with one attached hydrogen (secondary N) is 2. The third-order valence-corrected chi connectivity index (χ3v) is 4.77. The van der Waals surface area contributed by atoms with Crippen molar-refractivity contribution in [2.75, 3.05) is 6.54 Å². The number of sulfonamides is 1. The zero-order valence-corrected chi connectivity index (χ0v) is 11.3. The Morgan fingerprint density at radius 2 is 2.28 bits per heavy atom. The average Bonchev–Trinajstić information content (AvgIpc) is 3.19. The van der Waals surface area contributed by atoms with Gasteiger partial charge in [-0.2, -0.15) is 0 Å². The molecule has 1 unspecified atom stereocenters. The number of hydrogen-bond donors (Lipinski definition) is 2. The third kappa shape index (κ3) is 4.04. The van der Waals surface area contributed by atoms with E-state index in [1.165, 1.54) is 0 Å². The van der Waals surface area contributed by atoms with Crippen LogP contribution in [0.4, 0.5) is 0 Å². The van der Waals surface area contributed by atoms with Crippen molar-refractivity contribution < 1.29 is 8.42 Å². The van der Waals surface area contributed by atoms with E-state index in [4.69, 9.17) is 0 Å². The largest absolute Gasteiger partial charge is 0.313 e. The summed E-state index contributed by atoms with van der Waals surface area (Å²) in [6, 6.07) is 4.17. The van der Waals surface area contributed by atoms with Crippen LogP contribution in [0.15, 0.2) is 24.5 Å². The molecule has 0 bridgehead atoms. The molecule has 1 fully saturated rings. The molecule has 1 aliphatic carbocycles. The highest BCUT2D eigenvalue weighted by Gasteiger charge is 2.25. The Morgan fingerprint density at radius 3 is 2.89 bits per heavy atom. The zero-order valence-electron chi connectivity index (χ0n) is 10.5. The average molecular weight is 269 g/mol. The minimum absolute atomic E-state index is 0.296. The second kappa shape index (κ2) is 5.77. The van der Waals surface area contributed by atoms with Crippen molar-refractivity contribution >= 4 is 10.0 Å². The maximum atomic E-state index is 12.0. The molecular weight excluding hydrogens is 250 g/mol. The molecule has 2 N–H and O–H groups in total. The molecule has 2 rings (SSSR count). The van der Waals surface area contributed by atoms with E-state index in [0.717, 1.165) is 18.4 Å². The summed E-state index contributed by atoms with van der Waals surface area (Å²) in [5.74, 6) is 0. The van der Waals surface area contributed by atoms with E-state index in [1.807, 2.05) is 6.07 Å². The van der Waals surface area contributed by atoms with Crippen LogP contribution >= 0.6 is 0 Å². The molecule has 0 radical (unpaired) electrons. The predicted octanol–water partition coefficient (Wildman–Crippen LogP) is 0.641. The van der Waals surface area contributed by atoms with Gasteiger partial charge in [0.25, 0.3) is 0 Å². The van der Waals surface area contributed by atoms with Gasteiger partial charge in [-0.05, 0) is 31.4 Å². The first-order valence-corrected chi connectivity index (χ1v) is 7.73. The van der Waals surface area contributed by atoms with Crippen LogP contribution in [-0.2, 0) is 16.6 Å². The van der Waals surface area contributed by atoms with Gasteiger partial charge in [-0.3, -0.25) is 4.98 Å². The van der Waals surface area contributed by atoms with Crippen LogP contribution in [0.2, 0.25) is 0 Å². The monoisotopic (exact) mass is 269 g/mol. The number of rotatable bonds is 7. The van der Waals surface area contributed by atoms with Gasteiger partial charge in [0.2, 0.25) is 10.0 Å². The van der Waals surface area contributed by atoms with Crippen LogP contribution in [0, 0.1) is 0 Å². The molecule has 1 saturated carbocycles. The SMILES string of the molecule is CC(CNC1CC1)S(=O)(=O)NCc1cccnc1. The third-order valence-electron chi connectivity index (χ3n) is 3.00. The van der Waals surface area contributed by atoms with Crippen molar-refractivity contribution in [1.82, 2.24) is 15.0 Å². The lowest BCUT2D eigenvalue weighted by molar-refractivity contribution is 0.557. The lowest BCUT2D eigenvalue weighted by atomic mass is 10.3. The van der Waals surface area contributed by atoms with E-state index in [-0.39, 0.29) is 0 Å². The van der Waals surface area contributed by atoms with E-state index in [1.54, 1.807) is 25.4 Å².